The van der Waals surface area contributed by atoms with Crippen LogP contribution in [0.4, 0.5) is 0 Å². The molecule has 0 fully saturated rings. The first-order valence-electron chi connectivity index (χ1n) is 6.05. The van der Waals surface area contributed by atoms with Crippen LogP contribution in [-0.4, -0.2) is 30.4 Å². The molecule has 4 nitrogen and oxygen atoms in total. The second kappa shape index (κ2) is 6.00. The highest BCUT2D eigenvalue weighted by molar-refractivity contribution is 6.07. The van der Waals surface area contributed by atoms with Crippen LogP contribution in [0.5, 0.6) is 5.75 Å². The van der Waals surface area contributed by atoms with Crippen molar-refractivity contribution in [2.24, 2.45) is 0 Å². The topological polar surface area (TPSA) is 46.6 Å². The third kappa shape index (κ3) is 3.10. The zero-order valence-electron chi connectivity index (χ0n) is 10.7. The number of amides is 2. The molecule has 4 heteroatoms. The van der Waals surface area contributed by atoms with Gasteiger partial charge in [-0.1, -0.05) is 24.3 Å². The molecule has 0 N–H and O–H groups in total. The van der Waals surface area contributed by atoms with E-state index >= 15 is 0 Å². The Morgan fingerprint density at radius 3 is 2.89 bits per heavy atom. The predicted octanol–water partition coefficient (Wildman–Crippen LogP) is 2.02. The number of carbonyl (C=O) groups is 2. The Kier molecular flexibility index (Phi) is 4.13. The molecule has 1 aromatic rings. The molecule has 2 amide bonds. The molecule has 0 saturated carbocycles. The fraction of sp³-hybridized carbons (Fsp3) is 0.200. The predicted molar refractivity (Wildman–Crippen MR) is 72.5 cm³/mol. The molecule has 0 spiro atoms. The van der Waals surface area contributed by atoms with Gasteiger partial charge < -0.3 is 4.74 Å². The number of ether oxygens (including phenoxy) is 1. The molecular formula is C15H15NO3. The van der Waals surface area contributed by atoms with Crippen molar-refractivity contribution in [2.45, 2.75) is 6.42 Å². The van der Waals surface area contributed by atoms with Gasteiger partial charge in [-0.3, -0.25) is 14.5 Å². The maximum Gasteiger partial charge on any atom is 0.253 e. The lowest BCUT2D eigenvalue weighted by Gasteiger charge is -2.19. The number of hydrogen-bond acceptors (Lipinski definition) is 3. The minimum absolute atomic E-state index is 0.263. The molecule has 0 saturated heterocycles. The van der Waals surface area contributed by atoms with E-state index in [0.717, 1.165) is 5.56 Å². The highest BCUT2D eigenvalue weighted by atomic mass is 16.5. The maximum atomic E-state index is 11.9. The summed E-state index contributed by atoms with van der Waals surface area (Å²) in [7, 11) is 1.58. The van der Waals surface area contributed by atoms with Crippen LogP contribution in [0.3, 0.4) is 0 Å². The summed E-state index contributed by atoms with van der Waals surface area (Å²) in [6.45, 7) is 0.435. The van der Waals surface area contributed by atoms with Gasteiger partial charge in [0.2, 0.25) is 0 Å². The first-order chi connectivity index (χ1) is 9.22. The molecule has 1 heterocycles. The summed E-state index contributed by atoms with van der Waals surface area (Å²) < 4.78 is 5.19. The lowest BCUT2D eigenvalue weighted by atomic mass is 10.1. The lowest BCUT2D eigenvalue weighted by Crippen LogP contribution is -2.37. The van der Waals surface area contributed by atoms with Crippen molar-refractivity contribution in [1.82, 2.24) is 4.90 Å². The molecule has 0 radical (unpaired) electrons. The molecule has 0 bridgehead atoms. The third-order valence-corrected chi connectivity index (χ3v) is 2.86. The van der Waals surface area contributed by atoms with Crippen molar-refractivity contribution < 1.29 is 14.3 Å². The summed E-state index contributed by atoms with van der Waals surface area (Å²) in [6.07, 6.45) is 6.97. The second-order valence-corrected chi connectivity index (χ2v) is 4.09. The number of nitrogens with zero attached hydrogens (tertiary/aromatic N) is 1. The summed E-state index contributed by atoms with van der Waals surface area (Å²) >= 11 is 0. The molecule has 0 atom stereocenters. The van der Waals surface area contributed by atoms with Gasteiger partial charge in [0.1, 0.15) is 5.75 Å². The Balaban J connectivity index is 2.12. The lowest BCUT2D eigenvalue weighted by molar-refractivity contribution is -0.139. The summed E-state index contributed by atoms with van der Waals surface area (Å²) in [5.74, 6) is 0.123. The van der Waals surface area contributed by atoms with Crippen molar-refractivity contribution in [1.29, 1.82) is 0 Å². The monoisotopic (exact) mass is 257 g/mol. The van der Waals surface area contributed by atoms with Crippen molar-refractivity contribution in [3.8, 4) is 5.75 Å². The van der Waals surface area contributed by atoms with Crippen LogP contribution in [0.2, 0.25) is 0 Å². The van der Waals surface area contributed by atoms with E-state index in [9.17, 15) is 9.59 Å². The van der Waals surface area contributed by atoms with Gasteiger partial charge in [-0.05, 0) is 24.6 Å². The number of rotatable bonds is 3. The largest absolute Gasteiger partial charge is 0.496 e. The van der Waals surface area contributed by atoms with Crippen LogP contribution in [0.15, 0.2) is 42.5 Å². The van der Waals surface area contributed by atoms with Crippen LogP contribution < -0.4 is 4.74 Å². The standard InChI is InChI=1S/C15H15NO3/c1-19-13-7-3-2-6-12(13)9-10-15(18)16-11-5-4-8-14(16)17/h2-4,6-10H,5,11H2,1H3. The fourth-order valence-corrected chi connectivity index (χ4v) is 1.86. The first kappa shape index (κ1) is 13.1. The van der Waals surface area contributed by atoms with Crippen LogP contribution in [0.25, 0.3) is 6.08 Å². The smallest absolute Gasteiger partial charge is 0.253 e. The van der Waals surface area contributed by atoms with Crippen molar-refractivity contribution in [3.05, 3.63) is 48.1 Å². The van der Waals surface area contributed by atoms with Crippen LogP contribution >= 0.6 is 0 Å². The van der Waals surface area contributed by atoms with Crippen LogP contribution in [0, 0.1) is 0 Å². The second-order valence-electron chi connectivity index (χ2n) is 4.09. The maximum absolute atomic E-state index is 11.9. The Morgan fingerprint density at radius 2 is 2.16 bits per heavy atom. The fourth-order valence-electron chi connectivity index (χ4n) is 1.86. The van der Waals surface area contributed by atoms with E-state index in [1.54, 1.807) is 19.3 Å². The minimum atomic E-state index is -0.305. The minimum Gasteiger partial charge on any atom is -0.496 e. The molecule has 1 aliphatic heterocycles. The molecule has 19 heavy (non-hydrogen) atoms. The van der Waals surface area contributed by atoms with Crippen molar-refractivity contribution >= 4 is 17.9 Å². The zero-order chi connectivity index (χ0) is 13.7. The van der Waals surface area contributed by atoms with Gasteiger partial charge in [-0.2, -0.15) is 0 Å². The zero-order valence-corrected chi connectivity index (χ0v) is 10.7. The number of carbonyl (C=O) groups excluding carboxylic acids is 2. The van der Waals surface area contributed by atoms with Crippen molar-refractivity contribution in [3.63, 3.8) is 0 Å². The highest BCUT2D eigenvalue weighted by Gasteiger charge is 2.18. The van der Waals surface area contributed by atoms with Gasteiger partial charge in [0.25, 0.3) is 11.8 Å². The number of methoxy groups -OCH3 is 1. The SMILES string of the molecule is COc1ccccc1C=CC(=O)N1CCC=CC1=O. The van der Waals surface area contributed by atoms with Gasteiger partial charge in [-0.25, -0.2) is 0 Å². The number of para-hydroxylation sites is 1. The normalized spacial score (nSPS) is 15.0. The summed E-state index contributed by atoms with van der Waals surface area (Å²) in [6, 6.07) is 7.39. The van der Waals surface area contributed by atoms with Gasteiger partial charge in [0.05, 0.1) is 7.11 Å². The molecule has 98 valence electrons. The van der Waals surface area contributed by atoms with E-state index in [1.807, 2.05) is 24.3 Å². The van der Waals surface area contributed by atoms with Crippen LogP contribution in [-0.2, 0) is 9.59 Å². The third-order valence-electron chi connectivity index (χ3n) is 2.86. The Bertz CT molecular complexity index is 546. The molecule has 0 aliphatic carbocycles. The van der Waals surface area contributed by atoms with E-state index in [0.29, 0.717) is 18.7 Å². The number of imide groups is 1. The Hall–Kier alpha value is -2.36. The molecule has 1 aromatic carbocycles. The van der Waals surface area contributed by atoms with E-state index in [1.165, 1.54) is 17.1 Å². The van der Waals surface area contributed by atoms with E-state index in [4.69, 9.17) is 4.74 Å². The summed E-state index contributed by atoms with van der Waals surface area (Å²) in [5, 5.41) is 0. The van der Waals surface area contributed by atoms with E-state index < -0.39 is 0 Å². The molecule has 0 aromatic heterocycles. The summed E-state index contributed by atoms with van der Waals surface area (Å²) in [5.41, 5.74) is 0.804. The molecule has 1 aliphatic rings. The van der Waals surface area contributed by atoms with Crippen LogP contribution in [0.1, 0.15) is 12.0 Å². The van der Waals surface area contributed by atoms with Gasteiger partial charge in [0.15, 0.2) is 0 Å². The average molecular weight is 257 g/mol. The molecule has 2 rings (SSSR count). The molecule has 0 unspecified atom stereocenters. The van der Waals surface area contributed by atoms with Gasteiger partial charge >= 0.3 is 0 Å². The van der Waals surface area contributed by atoms with E-state index in [2.05, 4.69) is 0 Å². The Labute approximate surface area is 112 Å². The van der Waals surface area contributed by atoms with Gasteiger partial charge in [-0.15, -0.1) is 0 Å². The number of hydrogen-bond donors (Lipinski definition) is 0. The first-order valence-corrected chi connectivity index (χ1v) is 6.05. The van der Waals surface area contributed by atoms with E-state index in [-0.39, 0.29) is 11.8 Å². The highest BCUT2D eigenvalue weighted by Crippen LogP contribution is 2.18. The quantitative estimate of drug-likeness (QED) is 0.778. The van der Waals surface area contributed by atoms with Gasteiger partial charge in [0, 0.05) is 18.2 Å². The van der Waals surface area contributed by atoms with Crippen molar-refractivity contribution in [2.75, 3.05) is 13.7 Å². The Morgan fingerprint density at radius 1 is 1.37 bits per heavy atom. The average Bonchev–Trinajstić information content (AvgIpc) is 2.45. The number of benzene rings is 1. The summed E-state index contributed by atoms with van der Waals surface area (Å²) in [4.78, 5) is 24.7. The molecular weight excluding hydrogens is 242 g/mol.